The van der Waals surface area contributed by atoms with E-state index in [1.807, 2.05) is 17.2 Å². The SMILES string of the molecule is CCCCCCOc1cc2c(cc1OC)C(=O)N1C=C(C)CC1CN2. The molecule has 1 atom stereocenters. The van der Waals surface area contributed by atoms with Crippen molar-refractivity contribution in [3.05, 3.63) is 29.5 Å². The molecule has 0 saturated heterocycles. The van der Waals surface area contributed by atoms with Crippen LogP contribution in [-0.2, 0) is 0 Å². The number of hydrogen-bond donors (Lipinski definition) is 1. The number of anilines is 1. The van der Waals surface area contributed by atoms with Gasteiger partial charge in [0.05, 0.1) is 31.0 Å². The number of methoxy groups -OCH3 is 1. The van der Waals surface area contributed by atoms with Gasteiger partial charge in [-0.05, 0) is 25.8 Å². The van der Waals surface area contributed by atoms with E-state index in [1.165, 1.54) is 24.8 Å². The van der Waals surface area contributed by atoms with E-state index < -0.39 is 0 Å². The lowest BCUT2D eigenvalue weighted by molar-refractivity contribution is 0.0796. The van der Waals surface area contributed by atoms with Crippen molar-refractivity contribution in [2.75, 3.05) is 25.6 Å². The van der Waals surface area contributed by atoms with Crippen molar-refractivity contribution in [1.82, 2.24) is 4.90 Å². The first-order valence-corrected chi connectivity index (χ1v) is 9.22. The molecule has 0 spiro atoms. The van der Waals surface area contributed by atoms with Crippen LogP contribution in [0.4, 0.5) is 5.69 Å². The van der Waals surface area contributed by atoms with Gasteiger partial charge in [-0.25, -0.2) is 0 Å². The molecule has 2 heterocycles. The van der Waals surface area contributed by atoms with Crippen LogP contribution in [0.25, 0.3) is 0 Å². The van der Waals surface area contributed by atoms with Gasteiger partial charge in [0.1, 0.15) is 0 Å². The van der Waals surface area contributed by atoms with Crippen LogP contribution >= 0.6 is 0 Å². The first-order valence-electron chi connectivity index (χ1n) is 9.22. The van der Waals surface area contributed by atoms with Gasteiger partial charge in [0.25, 0.3) is 5.91 Å². The standard InChI is InChI=1S/C20H28N2O3/c1-4-5-6-7-8-25-19-11-17-16(10-18(19)24-3)20(23)22-13-14(2)9-15(22)12-21-17/h10-11,13,15,21H,4-9,12H2,1-3H3. The first kappa shape index (κ1) is 17.6. The summed E-state index contributed by atoms with van der Waals surface area (Å²) in [7, 11) is 1.61. The normalized spacial score (nSPS) is 18.8. The largest absolute Gasteiger partial charge is 0.493 e. The summed E-state index contributed by atoms with van der Waals surface area (Å²) in [6, 6.07) is 3.89. The van der Waals surface area contributed by atoms with Crippen LogP contribution in [0.2, 0.25) is 0 Å². The Hall–Kier alpha value is -2.17. The van der Waals surface area contributed by atoms with Crippen molar-refractivity contribution < 1.29 is 14.3 Å². The second kappa shape index (κ2) is 7.81. The van der Waals surface area contributed by atoms with Crippen molar-refractivity contribution in [3.63, 3.8) is 0 Å². The van der Waals surface area contributed by atoms with Gasteiger partial charge in [-0.1, -0.05) is 31.8 Å². The van der Waals surface area contributed by atoms with E-state index in [9.17, 15) is 4.79 Å². The number of nitrogens with one attached hydrogen (secondary N) is 1. The van der Waals surface area contributed by atoms with Gasteiger partial charge in [0.2, 0.25) is 0 Å². The van der Waals surface area contributed by atoms with Gasteiger partial charge in [-0.2, -0.15) is 0 Å². The Balaban J connectivity index is 1.80. The van der Waals surface area contributed by atoms with Crippen molar-refractivity contribution in [1.29, 1.82) is 0 Å². The van der Waals surface area contributed by atoms with Gasteiger partial charge in [-0.3, -0.25) is 4.79 Å². The summed E-state index contributed by atoms with van der Waals surface area (Å²) < 4.78 is 11.4. The zero-order valence-electron chi connectivity index (χ0n) is 15.4. The fourth-order valence-electron chi connectivity index (χ4n) is 3.49. The van der Waals surface area contributed by atoms with Crippen molar-refractivity contribution >= 4 is 11.6 Å². The highest BCUT2D eigenvalue weighted by atomic mass is 16.5. The average molecular weight is 344 g/mol. The molecule has 1 amide bonds. The number of carbonyl (C=O) groups is 1. The van der Waals surface area contributed by atoms with Gasteiger partial charge < -0.3 is 19.7 Å². The maximum atomic E-state index is 12.9. The Labute approximate surface area is 150 Å². The average Bonchev–Trinajstić information content (AvgIpc) is 2.94. The minimum atomic E-state index is 0.0228. The summed E-state index contributed by atoms with van der Waals surface area (Å²) >= 11 is 0. The molecule has 0 aromatic heterocycles. The topological polar surface area (TPSA) is 50.8 Å². The number of rotatable bonds is 7. The van der Waals surface area contributed by atoms with Gasteiger partial charge >= 0.3 is 0 Å². The van der Waals surface area contributed by atoms with E-state index in [0.29, 0.717) is 23.7 Å². The number of nitrogens with zero attached hydrogens (tertiary/aromatic N) is 1. The molecule has 1 N–H and O–H groups in total. The van der Waals surface area contributed by atoms with Gasteiger partial charge in [0, 0.05) is 18.8 Å². The maximum absolute atomic E-state index is 12.9. The molecule has 3 rings (SSSR count). The third-order valence-electron chi connectivity index (χ3n) is 4.86. The van der Waals surface area contributed by atoms with Crippen LogP contribution in [0.3, 0.4) is 0 Å². The Bertz CT molecular complexity index is 669. The molecule has 2 aliphatic heterocycles. The van der Waals surface area contributed by atoms with E-state index in [0.717, 1.165) is 25.1 Å². The van der Waals surface area contributed by atoms with Gasteiger partial charge in [0.15, 0.2) is 11.5 Å². The number of unbranched alkanes of at least 4 members (excludes halogenated alkanes) is 3. The number of fused-ring (bicyclic) bond motifs is 2. The lowest BCUT2D eigenvalue weighted by atomic mass is 10.1. The molecule has 0 aliphatic carbocycles. The molecule has 5 heteroatoms. The predicted octanol–water partition coefficient (Wildman–Crippen LogP) is 4.20. The number of benzene rings is 1. The van der Waals surface area contributed by atoms with Crippen LogP contribution in [0, 0.1) is 0 Å². The lowest BCUT2D eigenvalue weighted by Crippen LogP contribution is -2.34. The smallest absolute Gasteiger partial charge is 0.260 e. The number of hydrogen-bond acceptors (Lipinski definition) is 4. The minimum Gasteiger partial charge on any atom is -0.493 e. The predicted molar refractivity (Wildman–Crippen MR) is 99.5 cm³/mol. The van der Waals surface area contributed by atoms with Crippen LogP contribution in [0.1, 0.15) is 56.3 Å². The summed E-state index contributed by atoms with van der Waals surface area (Å²) in [6.07, 6.45) is 7.52. The minimum absolute atomic E-state index is 0.0228. The van der Waals surface area contributed by atoms with Crippen LogP contribution in [0.15, 0.2) is 23.9 Å². The van der Waals surface area contributed by atoms with E-state index in [2.05, 4.69) is 19.2 Å². The fraction of sp³-hybridized carbons (Fsp3) is 0.550. The zero-order valence-corrected chi connectivity index (χ0v) is 15.4. The van der Waals surface area contributed by atoms with Crippen LogP contribution < -0.4 is 14.8 Å². The molecule has 0 bridgehead atoms. The van der Waals surface area contributed by atoms with Crippen molar-refractivity contribution in [3.8, 4) is 11.5 Å². The summed E-state index contributed by atoms with van der Waals surface area (Å²) in [4.78, 5) is 14.8. The molecule has 1 aromatic rings. The van der Waals surface area contributed by atoms with E-state index in [-0.39, 0.29) is 11.9 Å². The number of carbonyl (C=O) groups excluding carboxylic acids is 1. The highest BCUT2D eigenvalue weighted by Gasteiger charge is 2.33. The lowest BCUT2D eigenvalue weighted by Gasteiger charge is -2.20. The molecular formula is C20H28N2O3. The van der Waals surface area contributed by atoms with E-state index in [1.54, 1.807) is 13.2 Å². The van der Waals surface area contributed by atoms with E-state index >= 15 is 0 Å². The third-order valence-corrected chi connectivity index (χ3v) is 4.86. The third kappa shape index (κ3) is 3.75. The molecule has 136 valence electrons. The molecule has 1 unspecified atom stereocenters. The van der Waals surface area contributed by atoms with Crippen LogP contribution in [-0.4, -0.2) is 37.1 Å². The zero-order chi connectivity index (χ0) is 17.8. The molecule has 0 saturated carbocycles. The molecule has 0 radical (unpaired) electrons. The summed E-state index contributed by atoms with van der Waals surface area (Å²) in [5.41, 5.74) is 2.71. The van der Waals surface area contributed by atoms with Crippen molar-refractivity contribution in [2.45, 2.75) is 52.0 Å². The number of amides is 1. The second-order valence-corrected chi connectivity index (χ2v) is 6.88. The Morgan fingerprint density at radius 2 is 2.08 bits per heavy atom. The molecule has 1 aromatic carbocycles. The highest BCUT2D eigenvalue weighted by molar-refractivity contribution is 6.02. The molecule has 0 fully saturated rings. The monoisotopic (exact) mass is 344 g/mol. The molecular weight excluding hydrogens is 316 g/mol. The molecule has 2 aliphatic rings. The maximum Gasteiger partial charge on any atom is 0.260 e. The highest BCUT2D eigenvalue weighted by Crippen LogP contribution is 2.37. The molecule has 5 nitrogen and oxygen atoms in total. The summed E-state index contributed by atoms with van der Waals surface area (Å²) in [5.74, 6) is 1.34. The fourth-order valence-corrected chi connectivity index (χ4v) is 3.49. The Kier molecular flexibility index (Phi) is 5.51. The molecule has 25 heavy (non-hydrogen) atoms. The van der Waals surface area contributed by atoms with Crippen LogP contribution in [0.5, 0.6) is 11.5 Å². The Morgan fingerprint density at radius 1 is 1.24 bits per heavy atom. The summed E-state index contributed by atoms with van der Waals surface area (Å²) in [6.45, 7) is 5.68. The van der Waals surface area contributed by atoms with Crippen molar-refractivity contribution in [2.24, 2.45) is 0 Å². The second-order valence-electron chi connectivity index (χ2n) is 6.88. The Morgan fingerprint density at radius 3 is 2.84 bits per heavy atom. The quantitative estimate of drug-likeness (QED) is 0.753. The summed E-state index contributed by atoms with van der Waals surface area (Å²) in [5, 5.41) is 3.42. The number of ether oxygens (including phenoxy) is 2. The first-order chi connectivity index (χ1) is 12.1. The van der Waals surface area contributed by atoms with E-state index in [4.69, 9.17) is 9.47 Å². The van der Waals surface area contributed by atoms with Gasteiger partial charge in [-0.15, -0.1) is 0 Å².